The smallest absolute Gasteiger partial charge is 0.326 e. The molecule has 1 heterocycles. The van der Waals surface area contributed by atoms with Gasteiger partial charge in [-0.05, 0) is 18.4 Å². The van der Waals surface area contributed by atoms with Crippen LogP contribution < -0.4 is 5.32 Å². The van der Waals surface area contributed by atoms with Gasteiger partial charge in [0.1, 0.15) is 6.04 Å². The van der Waals surface area contributed by atoms with Crippen molar-refractivity contribution < 1.29 is 14.7 Å². The van der Waals surface area contributed by atoms with Gasteiger partial charge in [-0.1, -0.05) is 12.1 Å². The molecule has 1 amide bonds. The Morgan fingerprint density at radius 3 is 2.81 bits per heavy atom. The number of imidazole rings is 1. The van der Waals surface area contributed by atoms with Crippen molar-refractivity contribution in [3.63, 3.8) is 0 Å². The van der Waals surface area contributed by atoms with Crippen molar-refractivity contribution in [3.8, 4) is 0 Å². The Kier molecular flexibility index (Phi) is 4.99. The van der Waals surface area contributed by atoms with E-state index in [1.54, 1.807) is 12.1 Å². The van der Waals surface area contributed by atoms with E-state index in [1.807, 2.05) is 18.4 Å². The molecule has 110 valence electrons. The molecule has 0 aliphatic carbocycles. The number of benzene rings is 1. The zero-order valence-corrected chi connectivity index (χ0v) is 12.2. The molecule has 0 saturated carbocycles. The summed E-state index contributed by atoms with van der Waals surface area (Å²) in [6.45, 7) is 0. The first-order chi connectivity index (χ1) is 10.1. The molecule has 7 heteroatoms. The van der Waals surface area contributed by atoms with E-state index in [2.05, 4.69) is 15.3 Å². The molecule has 0 aliphatic rings. The summed E-state index contributed by atoms with van der Waals surface area (Å²) >= 11 is 1.44. The molecule has 0 radical (unpaired) electrons. The minimum atomic E-state index is -1.08. The Morgan fingerprint density at radius 2 is 2.19 bits per heavy atom. The van der Waals surface area contributed by atoms with Crippen molar-refractivity contribution in [3.05, 3.63) is 48.0 Å². The van der Waals surface area contributed by atoms with Crippen LogP contribution in [0.15, 0.2) is 41.7 Å². The molecular weight excluding hydrogens is 290 g/mol. The third-order valence-corrected chi connectivity index (χ3v) is 3.73. The number of hydrogen-bond donors (Lipinski definition) is 3. The highest BCUT2D eigenvalue weighted by Crippen LogP contribution is 2.19. The van der Waals surface area contributed by atoms with Crippen LogP contribution in [-0.2, 0) is 11.2 Å². The van der Waals surface area contributed by atoms with Crippen molar-refractivity contribution in [2.45, 2.75) is 17.4 Å². The zero-order chi connectivity index (χ0) is 15.2. The summed E-state index contributed by atoms with van der Waals surface area (Å²) in [5.41, 5.74) is 1.13. The summed E-state index contributed by atoms with van der Waals surface area (Å²) in [6.07, 6.45) is 5.03. The monoisotopic (exact) mass is 305 g/mol. The minimum absolute atomic E-state index is 0.155. The van der Waals surface area contributed by atoms with Gasteiger partial charge in [0.25, 0.3) is 5.91 Å². The second-order valence-corrected chi connectivity index (χ2v) is 5.19. The Labute approximate surface area is 126 Å². The number of carboxylic acids is 1. The maximum atomic E-state index is 12.3. The third-order valence-electron chi connectivity index (χ3n) is 2.93. The van der Waals surface area contributed by atoms with Gasteiger partial charge in [0.2, 0.25) is 0 Å². The van der Waals surface area contributed by atoms with Gasteiger partial charge in [0.05, 0.1) is 11.9 Å². The molecule has 0 bridgehead atoms. The van der Waals surface area contributed by atoms with Gasteiger partial charge in [-0.2, -0.15) is 0 Å². The van der Waals surface area contributed by atoms with E-state index in [4.69, 9.17) is 0 Å². The summed E-state index contributed by atoms with van der Waals surface area (Å²) in [4.78, 5) is 31.0. The van der Waals surface area contributed by atoms with Crippen LogP contribution in [0.25, 0.3) is 0 Å². The average Bonchev–Trinajstić information content (AvgIpc) is 2.99. The molecule has 3 N–H and O–H groups in total. The summed E-state index contributed by atoms with van der Waals surface area (Å²) < 4.78 is 0. The molecule has 2 aromatic rings. The van der Waals surface area contributed by atoms with Crippen molar-refractivity contribution in [1.82, 2.24) is 15.3 Å². The topological polar surface area (TPSA) is 95.1 Å². The number of hydrogen-bond acceptors (Lipinski definition) is 4. The van der Waals surface area contributed by atoms with E-state index in [1.165, 1.54) is 24.3 Å². The number of amides is 1. The lowest BCUT2D eigenvalue weighted by Gasteiger charge is -2.15. The van der Waals surface area contributed by atoms with Gasteiger partial charge in [-0.25, -0.2) is 9.78 Å². The Morgan fingerprint density at radius 1 is 1.43 bits per heavy atom. The summed E-state index contributed by atoms with van der Waals surface area (Å²) in [6, 6.07) is 6.08. The lowest BCUT2D eigenvalue weighted by atomic mass is 10.1. The van der Waals surface area contributed by atoms with Gasteiger partial charge in [-0.3, -0.25) is 4.79 Å². The minimum Gasteiger partial charge on any atom is -0.480 e. The van der Waals surface area contributed by atoms with Gasteiger partial charge >= 0.3 is 5.97 Å². The number of rotatable bonds is 6. The highest BCUT2D eigenvalue weighted by Gasteiger charge is 2.22. The Balaban J connectivity index is 2.13. The molecule has 6 nitrogen and oxygen atoms in total. The second-order valence-electron chi connectivity index (χ2n) is 4.35. The van der Waals surface area contributed by atoms with Crippen LogP contribution >= 0.6 is 11.8 Å². The van der Waals surface area contributed by atoms with Crippen LogP contribution in [0.4, 0.5) is 0 Å². The third kappa shape index (κ3) is 3.85. The quantitative estimate of drug-likeness (QED) is 0.704. The molecule has 1 atom stereocenters. The van der Waals surface area contributed by atoms with Gasteiger partial charge in [0, 0.05) is 23.2 Å². The number of carbonyl (C=O) groups excluding carboxylic acids is 1. The number of aromatic amines is 1. The number of nitrogens with zero attached hydrogens (tertiary/aromatic N) is 1. The highest BCUT2D eigenvalue weighted by atomic mass is 32.2. The molecular formula is C14H15N3O3S. The summed E-state index contributed by atoms with van der Waals surface area (Å²) in [5, 5.41) is 11.8. The van der Waals surface area contributed by atoms with E-state index in [-0.39, 0.29) is 6.42 Å². The number of carbonyl (C=O) groups is 2. The van der Waals surface area contributed by atoms with Crippen molar-refractivity contribution in [2.75, 3.05) is 6.26 Å². The largest absolute Gasteiger partial charge is 0.480 e. The van der Waals surface area contributed by atoms with Crippen LogP contribution in [0.1, 0.15) is 16.1 Å². The first-order valence-electron chi connectivity index (χ1n) is 6.25. The molecule has 2 rings (SSSR count). The van der Waals surface area contributed by atoms with E-state index >= 15 is 0 Å². The van der Waals surface area contributed by atoms with Gasteiger partial charge < -0.3 is 15.4 Å². The summed E-state index contributed by atoms with van der Waals surface area (Å²) in [5.74, 6) is -1.48. The molecule has 0 fully saturated rings. The van der Waals surface area contributed by atoms with E-state index in [9.17, 15) is 14.7 Å². The second kappa shape index (κ2) is 6.94. The van der Waals surface area contributed by atoms with Crippen LogP contribution in [0, 0.1) is 0 Å². The predicted octanol–water partition coefficient (Wildman–Crippen LogP) is 1.56. The SMILES string of the molecule is CSc1ccccc1C(=O)N[C@H](Cc1cnc[nH]1)C(=O)O. The lowest BCUT2D eigenvalue weighted by molar-refractivity contribution is -0.139. The first kappa shape index (κ1) is 15.1. The molecule has 21 heavy (non-hydrogen) atoms. The van der Waals surface area contributed by atoms with E-state index in [0.29, 0.717) is 11.3 Å². The van der Waals surface area contributed by atoms with Crippen LogP contribution in [0.3, 0.4) is 0 Å². The fraction of sp³-hybridized carbons (Fsp3) is 0.214. The zero-order valence-electron chi connectivity index (χ0n) is 11.4. The standard InChI is InChI=1S/C14H15N3O3S/c1-21-12-5-3-2-4-10(12)13(18)17-11(14(19)20)6-9-7-15-8-16-9/h2-5,7-8,11H,6H2,1H3,(H,15,16)(H,17,18)(H,19,20)/t11-/m1/s1. The fourth-order valence-electron chi connectivity index (χ4n) is 1.88. The molecule has 0 aliphatic heterocycles. The van der Waals surface area contributed by atoms with Crippen molar-refractivity contribution in [2.24, 2.45) is 0 Å². The first-order valence-corrected chi connectivity index (χ1v) is 7.48. The Bertz CT molecular complexity index is 628. The number of thioether (sulfide) groups is 1. The van der Waals surface area contributed by atoms with Crippen molar-refractivity contribution in [1.29, 1.82) is 0 Å². The number of aliphatic carboxylic acids is 1. The fourth-order valence-corrected chi connectivity index (χ4v) is 2.48. The lowest BCUT2D eigenvalue weighted by Crippen LogP contribution is -2.42. The normalized spacial score (nSPS) is 11.9. The Hall–Kier alpha value is -2.28. The molecule has 1 aromatic carbocycles. The molecule has 1 aromatic heterocycles. The maximum Gasteiger partial charge on any atom is 0.326 e. The van der Waals surface area contributed by atoms with E-state index in [0.717, 1.165) is 4.90 Å². The molecule has 0 spiro atoms. The molecule has 0 unspecified atom stereocenters. The van der Waals surface area contributed by atoms with Crippen LogP contribution in [-0.4, -0.2) is 39.2 Å². The van der Waals surface area contributed by atoms with Gasteiger partial charge in [-0.15, -0.1) is 11.8 Å². The number of aromatic nitrogens is 2. The van der Waals surface area contributed by atoms with Crippen molar-refractivity contribution >= 4 is 23.6 Å². The van der Waals surface area contributed by atoms with Gasteiger partial charge in [0.15, 0.2) is 0 Å². The highest BCUT2D eigenvalue weighted by molar-refractivity contribution is 7.98. The number of nitrogens with one attached hydrogen (secondary N) is 2. The van der Waals surface area contributed by atoms with Crippen LogP contribution in [0.2, 0.25) is 0 Å². The van der Waals surface area contributed by atoms with E-state index < -0.39 is 17.9 Å². The number of H-pyrrole nitrogens is 1. The average molecular weight is 305 g/mol. The number of carboxylic acid groups (broad SMARTS) is 1. The van der Waals surface area contributed by atoms with Crippen LogP contribution in [0.5, 0.6) is 0 Å². The predicted molar refractivity (Wildman–Crippen MR) is 79.4 cm³/mol. The molecule has 0 saturated heterocycles. The summed E-state index contributed by atoms with van der Waals surface area (Å²) in [7, 11) is 0. The maximum absolute atomic E-state index is 12.3.